The first-order valence-electron chi connectivity index (χ1n) is 16.7. The van der Waals surface area contributed by atoms with Crippen LogP contribution in [0.1, 0.15) is 49.6 Å². The Morgan fingerprint density at radius 2 is 1.57 bits per heavy atom. The molecule has 2 aliphatic heterocycles. The van der Waals surface area contributed by atoms with Crippen molar-refractivity contribution >= 4 is 17.5 Å². The molecule has 256 valence electrons. The molecule has 2 fully saturated rings. The summed E-state index contributed by atoms with van der Waals surface area (Å²) in [7, 11) is 3.20. The maximum Gasteiger partial charge on any atom is 0.237 e. The Hall–Kier alpha value is -4.58. The van der Waals surface area contributed by atoms with Crippen LogP contribution in [0.25, 0.3) is 33.6 Å². The average molecular weight is 683 g/mol. The SMILES string of the molecule is C=C1CC[C@@H](CNCc2ncc(-c3cccc(-c4cccc(-c5cnc(CNC6CCNC(=O)C6)c(OC)n5)c4CC)c3Cl)nc2OC)N1. The molecule has 1 amide bonds. The maximum absolute atomic E-state index is 11.8. The number of rotatable bonds is 13. The lowest BCUT2D eigenvalue weighted by atomic mass is 9.91. The van der Waals surface area contributed by atoms with E-state index in [4.69, 9.17) is 41.0 Å². The van der Waals surface area contributed by atoms with Crippen molar-refractivity contribution in [2.24, 2.45) is 0 Å². The van der Waals surface area contributed by atoms with Crippen molar-refractivity contribution in [3.05, 3.63) is 83.0 Å². The summed E-state index contributed by atoms with van der Waals surface area (Å²) in [5.74, 6) is 0.968. The number of hydrogen-bond acceptors (Lipinski definition) is 10. The number of nitrogens with zero attached hydrogens (tertiary/aromatic N) is 4. The number of amides is 1. The summed E-state index contributed by atoms with van der Waals surface area (Å²) >= 11 is 7.17. The van der Waals surface area contributed by atoms with Crippen LogP contribution in [0.2, 0.25) is 5.02 Å². The fourth-order valence-corrected chi connectivity index (χ4v) is 6.84. The molecule has 6 rings (SSSR count). The third-order valence-corrected chi connectivity index (χ3v) is 9.48. The van der Waals surface area contributed by atoms with Crippen molar-refractivity contribution in [1.29, 1.82) is 0 Å². The minimum atomic E-state index is 0.0588. The van der Waals surface area contributed by atoms with Crippen molar-refractivity contribution < 1.29 is 14.3 Å². The Morgan fingerprint density at radius 1 is 0.918 bits per heavy atom. The summed E-state index contributed by atoms with van der Waals surface area (Å²) in [6, 6.07) is 12.5. The van der Waals surface area contributed by atoms with Gasteiger partial charge >= 0.3 is 0 Å². The van der Waals surface area contributed by atoms with Gasteiger partial charge < -0.3 is 30.7 Å². The Balaban J connectivity index is 1.24. The highest BCUT2D eigenvalue weighted by Crippen LogP contribution is 2.40. The van der Waals surface area contributed by atoms with Crippen molar-refractivity contribution in [3.8, 4) is 45.4 Å². The van der Waals surface area contributed by atoms with Gasteiger partial charge in [-0.05, 0) is 36.8 Å². The van der Waals surface area contributed by atoms with Crippen LogP contribution in [0.15, 0.2) is 61.1 Å². The number of methoxy groups -OCH3 is 2. The summed E-state index contributed by atoms with van der Waals surface area (Å²) in [6.07, 6.45) is 7.66. The molecule has 4 aromatic rings. The summed E-state index contributed by atoms with van der Waals surface area (Å²) in [6.45, 7) is 8.59. The zero-order chi connectivity index (χ0) is 34.3. The first-order valence-corrected chi connectivity index (χ1v) is 17.1. The highest BCUT2D eigenvalue weighted by Gasteiger charge is 2.22. The highest BCUT2D eigenvalue weighted by molar-refractivity contribution is 6.36. The number of carbonyl (C=O) groups is 1. The van der Waals surface area contributed by atoms with Crippen molar-refractivity contribution in [2.75, 3.05) is 27.3 Å². The number of hydrogen-bond donors (Lipinski definition) is 4. The molecule has 0 spiro atoms. The first-order chi connectivity index (χ1) is 23.9. The molecule has 0 aliphatic carbocycles. The van der Waals surface area contributed by atoms with E-state index in [0.29, 0.717) is 66.0 Å². The highest BCUT2D eigenvalue weighted by atomic mass is 35.5. The van der Waals surface area contributed by atoms with Crippen molar-refractivity contribution in [2.45, 2.75) is 64.2 Å². The molecular formula is C37H43ClN8O3. The number of carbonyl (C=O) groups excluding carboxylic acids is 1. The Labute approximate surface area is 292 Å². The zero-order valence-electron chi connectivity index (χ0n) is 28.2. The van der Waals surface area contributed by atoms with Gasteiger partial charge in [-0.3, -0.25) is 14.8 Å². The predicted octanol–water partition coefficient (Wildman–Crippen LogP) is 5.22. The maximum atomic E-state index is 11.8. The molecule has 2 saturated heterocycles. The van der Waals surface area contributed by atoms with Gasteiger partial charge in [0.15, 0.2) is 0 Å². The standard InChI is InChI=1S/C37H43ClN8O3/c1-5-25-26(8-6-9-27(25)30-19-43-33(37(45-30)49-4)21-41-23-14-15-40-34(47)16-23)28-10-7-11-29(35(28)38)31-20-42-32(36(46-31)48-3)18-39-17-24-13-12-22(2)44-24/h6-11,19-20,23-24,39,41,44H,2,5,12-18,21H2,1,3-4H3,(H,40,47)/t23?,24-/m0/s1. The number of ether oxygens (including phenoxy) is 2. The van der Waals surface area contributed by atoms with Crippen LogP contribution in [0.5, 0.6) is 11.8 Å². The Bertz CT molecular complexity index is 1830. The van der Waals surface area contributed by atoms with Crippen LogP contribution >= 0.6 is 11.6 Å². The van der Waals surface area contributed by atoms with Gasteiger partial charge in [0.05, 0.1) is 43.0 Å². The van der Waals surface area contributed by atoms with Gasteiger partial charge in [-0.1, -0.05) is 61.5 Å². The molecule has 12 heteroatoms. The normalized spacial score (nSPS) is 17.5. The number of aromatic nitrogens is 4. The van der Waals surface area contributed by atoms with Crippen LogP contribution in [-0.4, -0.2) is 65.2 Å². The molecule has 2 atom stereocenters. The second-order valence-electron chi connectivity index (χ2n) is 12.3. The molecule has 49 heavy (non-hydrogen) atoms. The van der Waals surface area contributed by atoms with E-state index in [9.17, 15) is 4.79 Å². The fraction of sp³-hybridized carbons (Fsp3) is 0.378. The molecule has 2 aliphatic rings. The molecular weight excluding hydrogens is 640 g/mol. The van der Waals surface area contributed by atoms with E-state index in [2.05, 4.69) is 40.8 Å². The van der Waals surface area contributed by atoms with Gasteiger partial charge in [0.25, 0.3) is 0 Å². The fourth-order valence-electron chi connectivity index (χ4n) is 6.52. The Kier molecular flexibility index (Phi) is 11.0. The van der Waals surface area contributed by atoms with Crippen molar-refractivity contribution in [1.82, 2.24) is 41.2 Å². The van der Waals surface area contributed by atoms with E-state index >= 15 is 0 Å². The van der Waals surface area contributed by atoms with Crippen LogP contribution in [0.3, 0.4) is 0 Å². The molecule has 0 radical (unpaired) electrons. The van der Waals surface area contributed by atoms with E-state index in [0.717, 1.165) is 71.4 Å². The molecule has 0 saturated carbocycles. The van der Waals surface area contributed by atoms with Crippen molar-refractivity contribution in [3.63, 3.8) is 0 Å². The molecule has 11 nitrogen and oxygen atoms in total. The van der Waals surface area contributed by atoms with Crippen LogP contribution in [0.4, 0.5) is 0 Å². The number of halogens is 1. The molecule has 2 aromatic heterocycles. The summed E-state index contributed by atoms with van der Waals surface area (Å²) in [4.78, 5) is 30.9. The summed E-state index contributed by atoms with van der Waals surface area (Å²) < 4.78 is 11.3. The summed E-state index contributed by atoms with van der Waals surface area (Å²) in [5.41, 5.74) is 8.53. The number of piperidine rings is 1. The smallest absolute Gasteiger partial charge is 0.237 e. The van der Waals surface area contributed by atoms with E-state index in [1.165, 1.54) is 0 Å². The predicted molar refractivity (Wildman–Crippen MR) is 191 cm³/mol. The monoisotopic (exact) mass is 682 g/mol. The largest absolute Gasteiger partial charge is 0.480 e. The molecule has 4 N–H and O–H groups in total. The van der Waals surface area contributed by atoms with Gasteiger partial charge in [0.2, 0.25) is 17.7 Å². The third kappa shape index (κ3) is 7.85. The van der Waals surface area contributed by atoms with Gasteiger partial charge in [0, 0.05) is 67.1 Å². The van der Waals surface area contributed by atoms with E-state index < -0.39 is 0 Å². The first kappa shape index (κ1) is 34.3. The lowest BCUT2D eigenvalue weighted by Crippen LogP contribution is -2.43. The molecule has 2 aromatic carbocycles. The van der Waals surface area contributed by atoms with Gasteiger partial charge in [-0.15, -0.1) is 0 Å². The number of allylic oxidation sites excluding steroid dienone is 1. The Morgan fingerprint density at radius 3 is 2.22 bits per heavy atom. The van der Waals surface area contributed by atoms with E-state index in [1.807, 2.05) is 30.3 Å². The van der Waals surface area contributed by atoms with Gasteiger partial charge in [-0.25, -0.2) is 9.97 Å². The quantitative estimate of drug-likeness (QED) is 0.149. The summed E-state index contributed by atoms with van der Waals surface area (Å²) in [5, 5.41) is 13.7. The van der Waals surface area contributed by atoms with E-state index in [-0.39, 0.29) is 11.9 Å². The topological polar surface area (TPSA) is 135 Å². The van der Waals surface area contributed by atoms with Crippen LogP contribution in [-0.2, 0) is 24.3 Å². The third-order valence-electron chi connectivity index (χ3n) is 9.07. The molecule has 4 heterocycles. The average Bonchev–Trinajstić information content (AvgIpc) is 3.55. The minimum Gasteiger partial charge on any atom is -0.480 e. The second kappa shape index (κ2) is 15.8. The van der Waals surface area contributed by atoms with Gasteiger partial charge in [-0.2, -0.15) is 0 Å². The van der Waals surface area contributed by atoms with Crippen LogP contribution < -0.4 is 30.7 Å². The van der Waals surface area contributed by atoms with Crippen LogP contribution in [0, 0.1) is 0 Å². The zero-order valence-corrected chi connectivity index (χ0v) is 29.0. The number of nitrogens with one attached hydrogen (secondary N) is 4. The van der Waals surface area contributed by atoms with E-state index in [1.54, 1.807) is 26.6 Å². The number of benzene rings is 2. The lowest BCUT2D eigenvalue weighted by molar-refractivity contribution is -0.122. The second-order valence-corrected chi connectivity index (χ2v) is 12.7. The lowest BCUT2D eigenvalue weighted by Gasteiger charge is -2.23. The minimum absolute atomic E-state index is 0.0588. The molecule has 0 bridgehead atoms. The van der Waals surface area contributed by atoms with Gasteiger partial charge in [0.1, 0.15) is 11.4 Å². The molecule has 1 unspecified atom stereocenters.